The van der Waals surface area contributed by atoms with Gasteiger partial charge in [-0.1, -0.05) is 6.07 Å². The van der Waals surface area contributed by atoms with Crippen molar-refractivity contribution in [2.24, 2.45) is 0 Å². The van der Waals surface area contributed by atoms with Crippen molar-refractivity contribution in [3.63, 3.8) is 0 Å². The van der Waals surface area contributed by atoms with Crippen LogP contribution in [-0.2, 0) is 21.4 Å². The molecule has 1 aromatic carbocycles. The summed E-state index contributed by atoms with van der Waals surface area (Å²) in [6, 6.07) is 3.25. The molecule has 34 heavy (non-hydrogen) atoms. The average Bonchev–Trinajstić information content (AvgIpc) is 3.45. The number of aromatic nitrogens is 6. The normalized spacial score (nSPS) is 11.8. The van der Waals surface area contributed by atoms with Crippen molar-refractivity contribution in [3.05, 3.63) is 40.9 Å². The third-order valence-electron chi connectivity index (χ3n) is 4.46. The Morgan fingerprint density at radius 1 is 1.21 bits per heavy atom. The number of halogens is 3. The molecule has 0 saturated carbocycles. The Morgan fingerprint density at radius 2 is 1.94 bits per heavy atom. The quantitative estimate of drug-likeness (QED) is 0.316. The van der Waals surface area contributed by atoms with Crippen LogP contribution in [0.2, 0.25) is 0 Å². The fraction of sp³-hybridized carbons (Fsp3) is 0.222. The number of alkyl halides is 2. The van der Waals surface area contributed by atoms with E-state index in [9.17, 15) is 17.2 Å². The minimum Gasteiger partial charge on any atom is -0.478 e. The van der Waals surface area contributed by atoms with Gasteiger partial charge in [0.15, 0.2) is 0 Å². The number of nitrogens with one attached hydrogen (secondary N) is 2. The number of rotatable bonds is 9. The highest BCUT2D eigenvalue weighted by atomic mass is 79.9. The van der Waals surface area contributed by atoms with Crippen LogP contribution in [0.3, 0.4) is 0 Å². The van der Waals surface area contributed by atoms with E-state index < -0.39 is 34.2 Å². The Labute approximate surface area is 199 Å². The van der Waals surface area contributed by atoms with Crippen molar-refractivity contribution >= 4 is 42.8 Å². The van der Waals surface area contributed by atoms with Gasteiger partial charge in [-0.25, -0.2) is 18.1 Å². The fourth-order valence-electron chi connectivity index (χ4n) is 3.16. The minimum atomic E-state index is -4.24. The highest BCUT2D eigenvalue weighted by molar-refractivity contribution is 9.10. The molecule has 180 valence electrons. The van der Waals surface area contributed by atoms with Crippen LogP contribution in [0.25, 0.3) is 16.6 Å². The number of hydrogen-bond donors (Lipinski definition) is 2. The van der Waals surface area contributed by atoms with Crippen molar-refractivity contribution in [3.8, 4) is 17.3 Å². The topological polar surface area (TPSA) is 146 Å². The molecule has 0 spiro atoms. The molecule has 0 saturated heterocycles. The van der Waals surface area contributed by atoms with E-state index in [1.54, 1.807) is 12.1 Å². The number of anilines is 1. The monoisotopic (exact) mass is 559 g/mol. The Balaban J connectivity index is 1.77. The molecular weight excluding hydrogens is 544 g/mol. The zero-order valence-corrected chi connectivity index (χ0v) is 19.9. The average molecular weight is 560 g/mol. The first kappa shape index (κ1) is 23.8. The van der Waals surface area contributed by atoms with E-state index in [2.05, 4.69) is 50.5 Å². The van der Waals surface area contributed by atoms with Crippen molar-refractivity contribution < 1.29 is 31.4 Å². The van der Waals surface area contributed by atoms with Gasteiger partial charge >= 0.3 is 6.61 Å². The lowest BCUT2D eigenvalue weighted by molar-refractivity contribution is -0.0533. The van der Waals surface area contributed by atoms with Crippen molar-refractivity contribution in [2.45, 2.75) is 18.1 Å². The maximum atomic E-state index is 13.2. The zero-order valence-electron chi connectivity index (χ0n) is 17.5. The summed E-state index contributed by atoms with van der Waals surface area (Å²) in [4.78, 5) is 12.0. The van der Waals surface area contributed by atoms with Crippen LogP contribution < -0.4 is 14.2 Å². The number of H-pyrrole nitrogens is 1. The number of methoxy groups -OCH3 is 2. The molecule has 0 aliphatic rings. The number of hydrogen-bond acceptors (Lipinski definition) is 9. The van der Waals surface area contributed by atoms with Gasteiger partial charge in [-0.05, 0) is 22.0 Å². The van der Waals surface area contributed by atoms with E-state index in [-0.39, 0.29) is 17.2 Å². The molecule has 4 rings (SSSR count). The lowest BCUT2D eigenvalue weighted by atomic mass is 10.2. The van der Waals surface area contributed by atoms with Gasteiger partial charge in [0.1, 0.15) is 16.3 Å². The molecule has 4 aromatic rings. The van der Waals surface area contributed by atoms with Gasteiger partial charge in [0.2, 0.25) is 11.7 Å². The van der Waals surface area contributed by atoms with Gasteiger partial charge in [0.05, 0.1) is 31.6 Å². The molecule has 0 aliphatic carbocycles. The first-order chi connectivity index (χ1) is 16.2. The van der Waals surface area contributed by atoms with E-state index >= 15 is 0 Å². The van der Waals surface area contributed by atoms with Gasteiger partial charge in [-0.15, -0.1) is 4.80 Å². The highest BCUT2D eigenvalue weighted by Gasteiger charge is 2.26. The summed E-state index contributed by atoms with van der Waals surface area (Å²) < 4.78 is 69.3. The van der Waals surface area contributed by atoms with Gasteiger partial charge in [0.25, 0.3) is 15.9 Å². The lowest BCUT2D eigenvalue weighted by Gasteiger charge is -2.15. The molecule has 16 heteroatoms. The maximum absolute atomic E-state index is 13.2. The maximum Gasteiger partial charge on any atom is 0.387 e. The molecule has 0 aliphatic heterocycles. The van der Waals surface area contributed by atoms with E-state index in [1.165, 1.54) is 30.5 Å². The second-order valence-electron chi connectivity index (χ2n) is 6.54. The van der Waals surface area contributed by atoms with Crippen molar-refractivity contribution in [1.82, 2.24) is 29.9 Å². The SMILES string of the molecule is COCc1nc(NS(=O)(=O)c2c[nH]c3c(-n4nccn4)c(Br)ccc23)nc(OC)c1OC(F)F. The summed E-state index contributed by atoms with van der Waals surface area (Å²) in [5.74, 6) is -1.28. The fourth-order valence-corrected chi connectivity index (χ4v) is 4.76. The Kier molecular flexibility index (Phi) is 6.63. The smallest absolute Gasteiger partial charge is 0.387 e. The van der Waals surface area contributed by atoms with Crippen LogP contribution in [0, 0.1) is 0 Å². The van der Waals surface area contributed by atoms with Crippen LogP contribution in [0.4, 0.5) is 14.7 Å². The number of sulfonamides is 1. The van der Waals surface area contributed by atoms with Crippen LogP contribution >= 0.6 is 15.9 Å². The number of nitrogens with zero attached hydrogens (tertiary/aromatic N) is 5. The van der Waals surface area contributed by atoms with Crippen LogP contribution in [0.15, 0.2) is 40.1 Å². The van der Waals surface area contributed by atoms with Crippen molar-refractivity contribution in [2.75, 3.05) is 18.9 Å². The summed E-state index contributed by atoms with van der Waals surface area (Å²) >= 11 is 3.42. The Bertz CT molecular complexity index is 1430. The molecule has 0 unspecified atom stereocenters. The molecule has 2 N–H and O–H groups in total. The molecule has 12 nitrogen and oxygen atoms in total. The van der Waals surface area contributed by atoms with Crippen LogP contribution in [0.5, 0.6) is 11.6 Å². The predicted octanol–water partition coefficient (Wildman–Crippen LogP) is 2.86. The van der Waals surface area contributed by atoms with Gasteiger partial charge in [-0.3, -0.25) is 0 Å². The first-order valence-electron chi connectivity index (χ1n) is 9.33. The van der Waals surface area contributed by atoms with Crippen LogP contribution in [0.1, 0.15) is 5.69 Å². The predicted molar refractivity (Wildman–Crippen MR) is 118 cm³/mol. The molecule has 0 fully saturated rings. The number of benzene rings is 1. The molecule has 0 atom stereocenters. The number of fused-ring (bicyclic) bond motifs is 1. The second kappa shape index (κ2) is 9.47. The Morgan fingerprint density at radius 3 is 2.59 bits per heavy atom. The van der Waals surface area contributed by atoms with Gasteiger partial charge in [0, 0.05) is 23.2 Å². The number of aromatic amines is 1. The molecule has 3 aromatic heterocycles. The largest absolute Gasteiger partial charge is 0.478 e. The molecule has 3 heterocycles. The third kappa shape index (κ3) is 4.51. The van der Waals surface area contributed by atoms with Crippen molar-refractivity contribution in [1.29, 1.82) is 0 Å². The summed E-state index contributed by atoms with van der Waals surface area (Å²) in [7, 11) is -1.77. The Hall–Kier alpha value is -3.37. The summed E-state index contributed by atoms with van der Waals surface area (Å²) in [6.07, 6.45) is 4.25. The summed E-state index contributed by atoms with van der Waals surface area (Å²) in [5.41, 5.74) is 0.810. The van der Waals surface area contributed by atoms with Gasteiger partial charge < -0.3 is 19.2 Å². The standard InChI is InChI=1S/C18H16BrF2N7O5S/c1-31-8-11-15(33-17(20)21)16(32-2)26-18(25-11)27-34(29,30)12-7-22-13-9(12)3-4-10(19)14(13)28-23-5-6-24-28/h3-7,17,22H,8H2,1-2H3,(H,25,26,27). The minimum absolute atomic E-state index is 0.118. The van der Waals surface area contributed by atoms with Gasteiger partial charge in [-0.2, -0.15) is 24.0 Å². The zero-order chi connectivity index (χ0) is 24.5. The lowest BCUT2D eigenvalue weighted by Crippen LogP contribution is -2.17. The van der Waals surface area contributed by atoms with E-state index in [4.69, 9.17) is 9.47 Å². The number of ether oxygens (including phenoxy) is 3. The molecule has 0 radical (unpaired) electrons. The van der Waals surface area contributed by atoms with E-state index in [0.717, 1.165) is 7.11 Å². The third-order valence-corrected chi connectivity index (χ3v) is 6.47. The highest BCUT2D eigenvalue weighted by Crippen LogP contribution is 2.34. The van der Waals surface area contributed by atoms with Crippen LogP contribution in [-0.4, -0.2) is 59.2 Å². The second-order valence-corrected chi connectivity index (χ2v) is 9.04. The molecular formula is C18H16BrF2N7O5S. The van der Waals surface area contributed by atoms with E-state index in [1.807, 2.05) is 0 Å². The van der Waals surface area contributed by atoms with E-state index in [0.29, 0.717) is 21.1 Å². The first-order valence-corrected chi connectivity index (χ1v) is 11.6. The summed E-state index contributed by atoms with van der Waals surface area (Å²) in [5, 5.41) is 8.52. The molecule has 0 bridgehead atoms. The summed E-state index contributed by atoms with van der Waals surface area (Å²) in [6.45, 7) is -3.45. The molecule has 0 amide bonds.